The van der Waals surface area contributed by atoms with Gasteiger partial charge in [-0.05, 0) is 81.1 Å². The highest BCUT2D eigenvalue weighted by Gasteiger charge is 2.12. The molecule has 5 heteroatoms. The zero-order valence-electron chi connectivity index (χ0n) is 10.9. The Kier molecular flexibility index (Phi) is 4.60. The summed E-state index contributed by atoms with van der Waals surface area (Å²) in [5, 5.41) is 2.80. The van der Waals surface area contributed by atoms with Crippen LogP contribution in [0, 0.1) is 19.7 Å². The molecule has 1 amide bonds. The van der Waals surface area contributed by atoms with Crippen molar-refractivity contribution in [1.82, 2.24) is 0 Å². The molecule has 0 fully saturated rings. The highest BCUT2D eigenvalue weighted by atomic mass is 79.9. The van der Waals surface area contributed by atoms with Crippen molar-refractivity contribution < 1.29 is 9.18 Å². The first-order chi connectivity index (χ1) is 9.38. The number of aryl methyl sites for hydroxylation is 2. The highest BCUT2D eigenvalue weighted by Crippen LogP contribution is 2.28. The molecule has 0 atom stereocenters. The van der Waals surface area contributed by atoms with Crippen LogP contribution >= 0.6 is 31.9 Å². The zero-order chi connectivity index (χ0) is 14.9. The Hall–Kier alpha value is -1.20. The predicted molar refractivity (Wildman–Crippen MR) is 85.7 cm³/mol. The van der Waals surface area contributed by atoms with Gasteiger partial charge in [0.15, 0.2) is 0 Å². The molecular weight excluding hydrogens is 389 g/mol. The summed E-state index contributed by atoms with van der Waals surface area (Å²) in [5.41, 5.74) is 3.02. The number of nitrogens with one attached hydrogen (secondary N) is 1. The minimum absolute atomic E-state index is 0.276. The van der Waals surface area contributed by atoms with Gasteiger partial charge in [0.1, 0.15) is 5.82 Å². The Morgan fingerprint density at radius 1 is 1.10 bits per heavy atom. The maximum atomic E-state index is 13.5. The van der Waals surface area contributed by atoms with Crippen LogP contribution in [-0.2, 0) is 0 Å². The molecule has 0 bridgehead atoms. The first-order valence-electron chi connectivity index (χ1n) is 5.91. The second kappa shape index (κ2) is 6.06. The van der Waals surface area contributed by atoms with Crippen molar-refractivity contribution >= 4 is 43.5 Å². The maximum Gasteiger partial charge on any atom is 0.255 e. The molecule has 104 valence electrons. The fourth-order valence-electron chi connectivity index (χ4n) is 1.90. The van der Waals surface area contributed by atoms with E-state index in [9.17, 15) is 9.18 Å². The molecule has 0 saturated heterocycles. The van der Waals surface area contributed by atoms with Crippen LogP contribution in [0.4, 0.5) is 10.1 Å². The summed E-state index contributed by atoms with van der Waals surface area (Å²) in [7, 11) is 0. The highest BCUT2D eigenvalue weighted by molar-refractivity contribution is 9.10. The summed E-state index contributed by atoms with van der Waals surface area (Å²) >= 11 is 6.49. The molecule has 0 saturated carbocycles. The third kappa shape index (κ3) is 3.27. The Morgan fingerprint density at radius 2 is 1.80 bits per heavy atom. The minimum atomic E-state index is -0.461. The molecule has 0 aliphatic rings. The van der Waals surface area contributed by atoms with Gasteiger partial charge in [0.25, 0.3) is 5.91 Å². The van der Waals surface area contributed by atoms with Gasteiger partial charge in [0.2, 0.25) is 0 Å². The number of carbonyl (C=O) groups excluding carboxylic acids is 1. The molecule has 0 aromatic heterocycles. The van der Waals surface area contributed by atoms with E-state index in [-0.39, 0.29) is 11.5 Å². The quantitative estimate of drug-likeness (QED) is 0.735. The van der Waals surface area contributed by atoms with E-state index in [1.165, 1.54) is 12.1 Å². The van der Waals surface area contributed by atoms with E-state index in [4.69, 9.17) is 0 Å². The second-order valence-corrected chi connectivity index (χ2v) is 6.23. The van der Waals surface area contributed by atoms with Gasteiger partial charge in [-0.3, -0.25) is 4.79 Å². The second-order valence-electron chi connectivity index (χ2n) is 4.52. The average Bonchev–Trinajstić information content (AvgIpc) is 2.36. The van der Waals surface area contributed by atoms with Gasteiger partial charge in [0, 0.05) is 10.0 Å². The predicted octanol–water partition coefficient (Wildman–Crippen LogP) is 5.22. The Balaban J connectivity index is 2.30. The van der Waals surface area contributed by atoms with Gasteiger partial charge < -0.3 is 5.32 Å². The van der Waals surface area contributed by atoms with Crippen molar-refractivity contribution in [3.63, 3.8) is 0 Å². The van der Waals surface area contributed by atoms with E-state index in [2.05, 4.69) is 37.2 Å². The lowest BCUT2D eigenvalue weighted by atomic mass is 10.1. The summed E-state index contributed by atoms with van der Waals surface area (Å²) in [5.74, 6) is -0.804. The maximum absolute atomic E-state index is 13.5. The smallest absolute Gasteiger partial charge is 0.255 e. The largest absolute Gasteiger partial charge is 0.321 e. The summed E-state index contributed by atoms with van der Waals surface area (Å²) < 4.78 is 14.6. The number of carbonyl (C=O) groups is 1. The molecular formula is C15H12Br2FNO. The molecule has 0 spiro atoms. The lowest BCUT2D eigenvalue weighted by Gasteiger charge is -2.12. The average molecular weight is 401 g/mol. The van der Waals surface area contributed by atoms with E-state index in [0.29, 0.717) is 10.2 Å². The van der Waals surface area contributed by atoms with Gasteiger partial charge in [-0.25, -0.2) is 4.39 Å². The molecule has 0 aliphatic heterocycles. The minimum Gasteiger partial charge on any atom is -0.321 e. The Morgan fingerprint density at radius 3 is 2.40 bits per heavy atom. The number of rotatable bonds is 2. The van der Waals surface area contributed by atoms with Crippen LogP contribution in [0.2, 0.25) is 0 Å². The van der Waals surface area contributed by atoms with E-state index < -0.39 is 5.82 Å². The van der Waals surface area contributed by atoms with Gasteiger partial charge in [0.05, 0.1) is 10.2 Å². The summed E-state index contributed by atoms with van der Waals surface area (Å²) in [6.45, 7) is 3.89. The van der Waals surface area contributed by atoms with E-state index in [0.717, 1.165) is 15.6 Å². The number of benzene rings is 2. The zero-order valence-corrected chi connectivity index (χ0v) is 14.1. The Bertz CT molecular complexity index is 663. The van der Waals surface area contributed by atoms with Crippen LogP contribution in [0.3, 0.4) is 0 Å². The normalized spacial score (nSPS) is 10.4. The van der Waals surface area contributed by atoms with E-state index >= 15 is 0 Å². The first-order valence-corrected chi connectivity index (χ1v) is 7.50. The SMILES string of the molecule is Cc1cc(C)c(NC(=O)c2ccc(Br)c(F)c2)c(Br)c1. The van der Waals surface area contributed by atoms with Crippen molar-refractivity contribution in [2.24, 2.45) is 0 Å². The van der Waals surface area contributed by atoms with Crippen molar-refractivity contribution in [2.75, 3.05) is 5.32 Å². The molecule has 1 N–H and O–H groups in total. The van der Waals surface area contributed by atoms with Crippen LogP contribution in [0.15, 0.2) is 39.3 Å². The van der Waals surface area contributed by atoms with Crippen molar-refractivity contribution in [3.8, 4) is 0 Å². The van der Waals surface area contributed by atoms with Crippen molar-refractivity contribution in [1.29, 1.82) is 0 Å². The van der Waals surface area contributed by atoms with Gasteiger partial charge in [-0.2, -0.15) is 0 Å². The third-order valence-electron chi connectivity index (χ3n) is 2.85. The number of amides is 1. The lowest BCUT2D eigenvalue weighted by molar-refractivity contribution is 0.102. The number of hydrogen-bond acceptors (Lipinski definition) is 1. The number of hydrogen-bond donors (Lipinski definition) is 1. The number of halogens is 3. The fourth-order valence-corrected chi connectivity index (χ4v) is 2.92. The molecule has 2 nitrogen and oxygen atoms in total. The Labute approximate surface area is 133 Å². The van der Waals surface area contributed by atoms with Crippen molar-refractivity contribution in [3.05, 3.63) is 61.8 Å². The molecule has 2 aromatic rings. The topological polar surface area (TPSA) is 29.1 Å². The molecule has 20 heavy (non-hydrogen) atoms. The molecule has 2 aromatic carbocycles. The molecule has 0 radical (unpaired) electrons. The molecule has 0 unspecified atom stereocenters. The number of anilines is 1. The first kappa shape index (κ1) is 15.2. The molecule has 0 aliphatic carbocycles. The standard InChI is InChI=1S/C15H12Br2FNO/c1-8-5-9(2)14(12(17)6-8)19-15(20)10-3-4-11(16)13(18)7-10/h3-7H,1-2H3,(H,19,20). The van der Waals surface area contributed by atoms with Gasteiger partial charge >= 0.3 is 0 Å². The summed E-state index contributed by atoms with van der Waals surface area (Å²) in [6.07, 6.45) is 0. The third-order valence-corrected chi connectivity index (χ3v) is 4.12. The van der Waals surface area contributed by atoms with Crippen molar-refractivity contribution in [2.45, 2.75) is 13.8 Å². The van der Waals surface area contributed by atoms with E-state index in [1.54, 1.807) is 6.07 Å². The van der Waals surface area contributed by atoms with Crippen LogP contribution in [0.1, 0.15) is 21.5 Å². The van der Waals surface area contributed by atoms with E-state index in [1.807, 2.05) is 26.0 Å². The van der Waals surface area contributed by atoms with Crippen LogP contribution < -0.4 is 5.32 Å². The summed E-state index contributed by atoms with van der Waals surface area (Å²) in [6, 6.07) is 8.19. The monoisotopic (exact) mass is 399 g/mol. The van der Waals surface area contributed by atoms with Gasteiger partial charge in [-0.1, -0.05) is 6.07 Å². The lowest BCUT2D eigenvalue weighted by Crippen LogP contribution is -2.13. The molecule has 0 heterocycles. The fraction of sp³-hybridized carbons (Fsp3) is 0.133. The molecule has 2 rings (SSSR count). The van der Waals surface area contributed by atoms with Gasteiger partial charge in [-0.15, -0.1) is 0 Å². The van der Waals surface area contributed by atoms with Crippen LogP contribution in [0.25, 0.3) is 0 Å². The van der Waals surface area contributed by atoms with Crippen LogP contribution in [-0.4, -0.2) is 5.91 Å². The summed E-state index contributed by atoms with van der Waals surface area (Å²) in [4.78, 5) is 12.2. The van der Waals surface area contributed by atoms with Crippen LogP contribution in [0.5, 0.6) is 0 Å².